The Balaban J connectivity index is 3.37. The molecule has 0 aromatic heterocycles. The summed E-state index contributed by atoms with van der Waals surface area (Å²) in [4.78, 5) is 0. The maximum absolute atomic E-state index is 12.3. The molecule has 5 heteroatoms. The molecule has 72 valence electrons. The first-order valence-electron chi connectivity index (χ1n) is 3.35. The molecule has 0 aliphatic heterocycles. The highest BCUT2D eigenvalue weighted by atomic mass is 127. The van der Waals surface area contributed by atoms with Gasteiger partial charge in [-0.15, -0.1) is 0 Å². The molecule has 1 rings (SSSR count). The standard InChI is InChI=1S/C8H5ClF3I/c1-4-2-5(13)3-6(7(4)9)8(10,11)12/h2-3H,1H3. The number of hydrogen-bond donors (Lipinski definition) is 0. The molecule has 0 heterocycles. The van der Waals surface area contributed by atoms with Gasteiger partial charge in [0, 0.05) is 3.57 Å². The van der Waals surface area contributed by atoms with Crippen LogP contribution in [-0.2, 0) is 6.18 Å². The van der Waals surface area contributed by atoms with Gasteiger partial charge in [0.2, 0.25) is 0 Å². The minimum absolute atomic E-state index is 0.215. The number of aryl methyl sites for hydroxylation is 1. The van der Waals surface area contributed by atoms with Crippen molar-refractivity contribution in [1.82, 2.24) is 0 Å². The minimum Gasteiger partial charge on any atom is -0.166 e. The fourth-order valence-electron chi connectivity index (χ4n) is 0.932. The predicted molar refractivity (Wildman–Crippen MR) is 53.9 cm³/mol. The largest absolute Gasteiger partial charge is 0.417 e. The van der Waals surface area contributed by atoms with E-state index in [1.54, 1.807) is 13.0 Å². The van der Waals surface area contributed by atoms with Crippen LogP contribution in [0, 0.1) is 10.5 Å². The normalized spacial score (nSPS) is 11.8. The summed E-state index contributed by atoms with van der Waals surface area (Å²) in [5, 5.41) is -0.215. The highest BCUT2D eigenvalue weighted by molar-refractivity contribution is 14.1. The van der Waals surface area contributed by atoms with Crippen LogP contribution < -0.4 is 0 Å². The van der Waals surface area contributed by atoms with Gasteiger partial charge in [0.25, 0.3) is 0 Å². The van der Waals surface area contributed by atoms with Gasteiger partial charge in [0.15, 0.2) is 0 Å². The zero-order valence-electron chi connectivity index (χ0n) is 6.54. The number of benzene rings is 1. The van der Waals surface area contributed by atoms with Crippen molar-refractivity contribution in [3.8, 4) is 0 Å². The molecule has 13 heavy (non-hydrogen) atoms. The predicted octanol–water partition coefficient (Wildman–Crippen LogP) is 4.27. The summed E-state index contributed by atoms with van der Waals surface area (Å²) in [7, 11) is 0. The second kappa shape index (κ2) is 3.65. The second-order valence-corrected chi connectivity index (χ2v) is 4.21. The lowest BCUT2D eigenvalue weighted by molar-refractivity contribution is -0.137. The Kier molecular flexibility index (Phi) is 3.12. The van der Waals surface area contributed by atoms with Gasteiger partial charge in [-0.2, -0.15) is 13.2 Å². The average molecular weight is 320 g/mol. The van der Waals surface area contributed by atoms with Crippen molar-refractivity contribution in [2.75, 3.05) is 0 Å². The summed E-state index contributed by atoms with van der Waals surface area (Å²) in [6.45, 7) is 1.56. The Labute approximate surface area is 92.2 Å². The van der Waals surface area contributed by atoms with Crippen LogP contribution in [0.15, 0.2) is 12.1 Å². The van der Waals surface area contributed by atoms with Crippen molar-refractivity contribution in [1.29, 1.82) is 0 Å². The van der Waals surface area contributed by atoms with E-state index in [0.717, 1.165) is 6.07 Å². The molecule has 0 radical (unpaired) electrons. The summed E-state index contributed by atoms with van der Waals surface area (Å²) in [5.74, 6) is 0. The SMILES string of the molecule is Cc1cc(I)cc(C(F)(F)F)c1Cl. The molecule has 1 aromatic carbocycles. The van der Waals surface area contributed by atoms with E-state index in [4.69, 9.17) is 11.6 Å². The molecule has 0 unspecified atom stereocenters. The molecule has 0 spiro atoms. The Hall–Kier alpha value is 0.0300. The van der Waals surface area contributed by atoms with Crippen molar-refractivity contribution < 1.29 is 13.2 Å². The van der Waals surface area contributed by atoms with Crippen LogP contribution in [0.1, 0.15) is 11.1 Å². The van der Waals surface area contributed by atoms with Crippen molar-refractivity contribution >= 4 is 34.2 Å². The molecular formula is C8H5ClF3I. The summed E-state index contributed by atoms with van der Waals surface area (Å²) >= 11 is 7.36. The van der Waals surface area contributed by atoms with E-state index in [9.17, 15) is 13.2 Å². The third kappa shape index (κ3) is 2.49. The van der Waals surface area contributed by atoms with Crippen LogP contribution in [0.4, 0.5) is 13.2 Å². The first-order chi connectivity index (χ1) is 5.82. The first-order valence-corrected chi connectivity index (χ1v) is 4.81. The third-order valence-electron chi connectivity index (χ3n) is 1.52. The van der Waals surface area contributed by atoms with Crippen LogP contribution in [0.25, 0.3) is 0 Å². The van der Waals surface area contributed by atoms with Gasteiger partial charge < -0.3 is 0 Å². The number of hydrogen-bond acceptors (Lipinski definition) is 0. The van der Waals surface area contributed by atoms with Gasteiger partial charge in [-0.1, -0.05) is 11.6 Å². The molecule has 0 aliphatic carbocycles. The lowest BCUT2D eigenvalue weighted by Gasteiger charge is -2.11. The van der Waals surface area contributed by atoms with E-state index >= 15 is 0 Å². The molecule has 0 saturated carbocycles. The Morgan fingerprint density at radius 3 is 2.31 bits per heavy atom. The summed E-state index contributed by atoms with van der Waals surface area (Å²) in [6, 6.07) is 2.65. The highest BCUT2D eigenvalue weighted by Crippen LogP contribution is 2.37. The number of rotatable bonds is 0. The van der Waals surface area contributed by atoms with Crippen molar-refractivity contribution in [3.63, 3.8) is 0 Å². The monoisotopic (exact) mass is 320 g/mol. The molecule has 0 saturated heterocycles. The molecular weight excluding hydrogens is 315 g/mol. The highest BCUT2D eigenvalue weighted by Gasteiger charge is 2.33. The molecule has 0 N–H and O–H groups in total. The van der Waals surface area contributed by atoms with Gasteiger partial charge in [-0.3, -0.25) is 0 Å². The Bertz CT molecular complexity index is 333. The van der Waals surface area contributed by atoms with Gasteiger partial charge in [0.1, 0.15) is 0 Å². The van der Waals surface area contributed by atoms with E-state index in [1.807, 2.05) is 22.6 Å². The molecule has 0 bridgehead atoms. The number of halogens is 5. The van der Waals surface area contributed by atoms with Gasteiger partial charge in [-0.25, -0.2) is 0 Å². The van der Waals surface area contributed by atoms with Crippen LogP contribution in [0.2, 0.25) is 5.02 Å². The second-order valence-electron chi connectivity index (χ2n) is 2.58. The fraction of sp³-hybridized carbons (Fsp3) is 0.250. The van der Waals surface area contributed by atoms with Crippen LogP contribution >= 0.6 is 34.2 Å². The molecule has 0 aliphatic rings. The quantitative estimate of drug-likeness (QED) is 0.626. The van der Waals surface area contributed by atoms with Gasteiger partial charge in [-0.05, 0) is 47.2 Å². The molecule has 0 amide bonds. The van der Waals surface area contributed by atoms with E-state index in [0.29, 0.717) is 9.13 Å². The first kappa shape index (κ1) is 11.1. The lowest BCUT2D eigenvalue weighted by atomic mass is 10.1. The molecule has 0 fully saturated rings. The van der Waals surface area contributed by atoms with E-state index in [2.05, 4.69) is 0 Å². The topological polar surface area (TPSA) is 0 Å². The van der Waals surface area contributed by atoms with E-state index in [1.165, 1.54) is 0 Å². The van der Waals surface area contributed by atoms with Crippen LogP contribution in [-0.4, -0.2) is 0 Å². The maximum atomic E-state index is 12.3. The van der Waals surface area contributed by atoms with E-state index in [-0.39, 0.29) is 5.02 Å². The Morgan fingerprint density at radius 1 is 1.31 bits per heavy atom. The Morgan fingerprint density at radius 2 is 1.85 bits per heavy atom. The number of alkyl halides is 3. The molecule has 0 atom stereocenters. The van der Waals surface area contributed by atoms with Gasteiger partial charge >= 0.3 is 6.18 Å². The fourth-order valence-corrected chi connectivity index (χ4v) is 1.93. The zero-order chi connectivity index (χ0) is 10.2. The lowest BCUT2D eigenvalue weighted by Crippen LogP contribution is -2.07. The summed E-state index contributed by atoms with van der Waals surface area (Å²) in [6.07, 6.45) is -4.37. The third-order valence-corrected chi connectivity index (χ3v) is 2.65. The van der Waals surface area contributed by atoms with Crippen LogP contribution in [0.3, 0.4) is 0 Å². The minimum atomic E-state index is -4.37. The smallest absolute Gasteiger partial charge is 0.166 e. The van der Waals surface area contributed by atoms with Crippen LogP contribution in [0.5, 0.6) is 0 Å². The van der Waals surface area contributed by atoms with Gasteiger partial charge in [0.05, 0.1) is 10.6 Å². The summed E-state index contributed by atoms with van der Waals surface area (Å²) < 4.78 is 37.5. The van der Waals surface area contributed by atoms with Crippen molar-refractivity contribution in [2.24, 2.45) is 0 Å². The van der Waals surface area contributed by atoms with Crippen molar-refractivity contribution in [2.45, 2.75) is 13.1 Å². The summed E-state index contributed by atoms with van der Waals surface area (Å²) in [5.41, 5.74) is -0.320. The van der Waals surface area contributed by atoms with E-state index < -0.39 is 11.7 Å². The average Bonchev–Trinajstić information content (AvgIpc) is 1.94. The molecule has 1 aromatic rings. The zero-order valence-corrected chi connectivity index (χ0v) is 9.46. The molecule has 0 nitrogen and oxygen atoms in total. The maximum Gasteiger partial charge on any atom is 0.417 e. The van der Waals surface area contributed by atoms with Crippen molar-refractivity contribution in [3.05, 3.63) is 31.9 Å².